The summed E-state index contributed by atoms with van der Waals surface area (Å²) in [5.41, 5.74) is 0. The average molecular weight is 274 g/mol. The molecule has 2 heterocycles. The van der Waals surface area contributed by atoms with Gasteiger partial charge in [-0.1, -0.05) is 12.8 Å². The molecule has 1 fully saturated rings. The summed E-state index contributed by atoms with van der Waals surface area (Å²) in [6.45, 7) is 0. The summed E-state index contributed by atoms with van der Waals surface area (Å²) >= 11 is 0. The van der Waals surface area contributed by atoms with Gasteiger partial charge in [0, 0.05) is 0 Å². The van der Waals surface area contributed by atoms with Gasteiger partial charge in [-0.15, -0.1) is 20.4 Å². The predicted octanol–water partition coefficient (Wildman–Crippen LogP) is 1.30. The number of hydrogen-bond donors (Lipinski definition) is 0. The highest BCUT2D eigenvalue weighted by Crippen LogP contribution is 2.23. The summed E-state index contributed by atoms with van der Waals surface area (Å²) in [7, 11) is 0. The standard InChI is InChI=1S/C12H14N6O2/c1-2-4-10(14-6-12-18-16-8-20-12)9(3-1)13-5-11-17-15-7-19-11/h5-10H,1-4H2/b13-5+,14-6+. The molecule has 8 heteroatoms. The third kappa shape index (κ3) is 3.14. The fourth-order valence-electron chi connectivity index (χ4n) is 2.23. The summed E-state index contributed by atoms with van der Waals surface area (Å²) in [5, 5.41) is 14.8. The molecule has 0 bridgehead atoms. The Kier molecular flexibility index (Phi) is 3.91. The lowest BCUT2D eigenvalue weighted by molar-refractivity contribution is 0.389. The minimum absolute atomic E-state index is 0.120. The number of hydrogen-bond acceptors (Lipinski definition) is 8. The van der Waals surface area contributed by atoms with Crippen molar-refractivity contribution in [3.05, 3.63) is 24.6 Å². The molecular weight excluding hydrogens is 260 g/mol. The molecular formula is C12H14N6O2. The number of aromatic nitrogens is 4. The van der Waals surface area contributed by atoms with E-state index in [1.165, 1.54) is 12.8 Å². The summed E-state index contributed by atoms with van der Waals surface area (Å²) in [5.74, 6) is 0.824. The van der Waals surface area contributed by atoms with Crippen LogP contribution in [0.15, 0.2) is 31.6 Å². The molecule has 0 N–H and O–H groups in total. The van der Waals surface area contributed by atoms with Gasteiger partial charge in [-0.05, 0) is 12.8 Å². The van der Waals surface area contributed by atoms with E-state index in [0.717, 1.165) is 25.7 Å². The Bertz CT molecular complexity index is 511. The van der Waals surface area contributed by atoms with Crippen molar-refractivity contribution in [3.63, 3.8) is 0 Å². The maximum absolute atomic E-state index is 5.04. The minimum Gasteiger partial charge on any atom is -0.423 e. The van der Waals surface area contributed by atoms with Crippen LogP contribution in [-0.4, -0.2) is 44.9 Å². The maximum atomic E-state index is 5.04. The van der Waals surface area contributed by atoms with Crippen LogP contribution in [0.5, 0.6) is 0 Å². The number of nitrogens with zero attached hydrogens (tertiary/aromatic N) is 6. The average Bonchev–Trinajstić information content (AvgIpc) is 3.17. The lowest BCUT2D eigenvalue weighted by Crippen LogP contribution is -2.27. The van der Waals surface area contributed by atoms with E-state index < -0.39 is 0 Å². The highest BCUT2D eigenvalue weighted by Gasteiger charge is 2.23. The van der Waals surface area contributed by atoms with Gasteiger partial charge in [0.25, 0.3) is 11.8 Å². The van der Waals surface area contributed by atoms with Crippen molar-refractivity contribution in [1.82, 2.24) is 20.4 Å². The van der Waals surface area contributed by atoms with E-state index in [0.29, 0.717) is 11.8 Å². The second-order valence-corrected chi connectivity index (χ2v) is 4.53. The lowest BCUT2D eigenvalue weighted by atomic mass is 9.91. The van der Waals surface area contributed by atoms with Gasteiger partial charge in [-0.3, -0.25) is 9.98 Å². The zero-order valence-electron chi connectivity index (χ0n) is 10.8. The van der Waals surface area contributed by atoms with Crippen LogP contribution in [0.1, 0.15) is 37.5 Å². The summed E-state index contributed by atoms with van der Waals surface area (Å²) in [4.78, 5) is 9.01. The third-order valence-corrected chi connectivity index (χ3v) is 3.20. The van der Waals surface area contributed by atoms with E-state index in [1.807, 2.05) is 0 Å². The van der Waals surface area contributed by atoms with Crippen molar-refractivity contribution in [2.75, 3.05) is 0 Å². The van der Waals surface area contributed by atoms with Crippen LogP contribution in [0.4, 0.5) is 0 Å². The Morgan fingerprint density at radius 2 is 1.40 bits per heavy atom. The van der Waals surface area contributed by atoms with Crippen LogP contribution in [0.25, 0.3) is 0 Å². The van der Waals surface area contributed by atoms with Gasteiger partial charge in [0.15, 0.2) is 0 Å². The minimum atomic E-state index is 0.120. The molecule has 0 amide bonds. The van der Waals surface area contributed by atoms with Crippen LogP contribution in [0.3, 0.4) is 0 Å². The molecule has 0 aliphatic heterocycles. The molecule has 20 heavy (non-hydrogen) atoms. The predicted molar refractivity (Wildman–Crippen MR) is 69.8 cm³/mol. The van der Waals surface area contributed by atoms with Gasteiger partial charge in [-0.25, -0.2) is 0 Å². The maximum Gasteiger partial charge on any atom is 0.258 e. The summed E-state index contributed by atoms with van der Waals surface area (Å²) in [6, 6.07) is 0.240. The highest BCUT2D eigenvalue weighted by molar-refractivity contribution is 5.74. The quantitative estimate of drug-likeness (QED) is 0.778. The van der Waals surface area contributed by atoms with Crippen molar-refractivity contribution in [2.24, 2.45) is 9.98 Å². The first-order valence-electron chi connectivity index (χ1n) is 6.50. The van der Waals surface area contributed by atoms with Crippen LogP contribution in [-0.2, 0) is 0 Å². The van der Waals surface area contributed by atoms with E-state index >= 15 is 0 Å². The van der Waals surface area contributed by atoms with Crippen LogP contribution < -0.4 is 0 Å². The van der Waals surface area contributed by atoms with Gasteiger partial charge >= 0.3 is 0 Å². The number of rotatable bonds is 4. The molecule has 0 spiro atoms. The van der Waals surface area contributed by atoms with E-state index in [9.17, 15) is 0 Å². The Balaban J connectivity index is 1.67. The fraction of sp³-hybridized carbons (Fsp3) is 0.500. The molecule has 1 saturated carbocycles. The second kappa shape index (κ2) is 6.18. The molecule has 0 saturated heterocycles. The molecule has 2 aromatic heterocycles. The highest BCUT2D eigenvalue weighted by atomic mass is 16.4. The first-order chi connectivity index (χ1) is 9.92. The Morgan fingerprint density at radius 1 is 0.900 bits per heavy atom. The van der Waals surface area contributed by atoms with Crippen molar-refractivity contribution >= 4 is 12.4 Å². The zero-order valence-corrected chi connectivity index (χ0v) is 10.8. The largest absolute Gasteiger partial charge is 0.423 e. The van der Waals surface area contributed by atoms with Crippen molar-refractivity contribution in [1.29, 1.82) is 0 Å². The first kappa shape index (κ1) is 12.6. The first-order valence-corrected chi connectivity index (χ1v) is 6.50. The monoisotopic (exact) mass is 274 g/mol. The molecule has 1 aliphatic rings. The Morgan fingerprint density at radius 3 is 1.80 bits per heavy atom. The summed E-state index contributed by atoms with van der Waals surface area (Å²) in [6.07, 6.45) is 10.1. The molecule has 3 rings (SSSR count). The van der Waals surface area contributed by atoms with E-state index in [1.54, 1.807) is 12.4 Å². The topological polar surface area (TPSA) is 103 Å². The second-order valence-electron chi connectivity index (χ2n) is 4.53. The van der Waals surface area contributed by atoms with Crippen molar-refractivity contribution in [3.8, 4) is 0 Å². The molecule has 104 valence electrons. The normalized spacial score (nSPS) is 23.8. The van der Waals surface area contributed by atoms with Crippen LogP contribution in [0.2, 0.25) is 0 Å². The SMILES string of the molecule is C(=N\C1CCCCC1/N=C/c1nnco1)/c1nnco1. The lowest BCUT2D eigenvalue weighted by Gasteiger charge is -2.25. The zero-order chi connectivity index (χ0) is 13.6. The molecule has 1 aliphatic carbocycles. The molecule has 2 unspecified atom stereocenters. The number of aliphatic imine (C=N–C) groups is 2. The Labute approximate surface area is 115 Å². The van der Waals surface area contributed by atoms with Gasteiger partial charge < -0.3 is 8.83 Å². The van der Waals surface area contributed by atoms with Crippen LogP contribution >= 0.6 is 0 Å². The van der Waals surface area contributed by atoms with E-state index in [4.69, 9.17) is 8.83 Å². The van der Waals surface area contributed by atoms with E-state index in [-0.39, 0.29) is 12.1 Å². The van der Waals surface area contributed by atoms with Gasteiger partial charge in [0.05, 0.1) is 24.5 Å². The van der Waals surface area contributed by atoms with Crippen LogP contribution in [0, 0.1) is 0 Å². The smallest absolute Gasteiger partial charge is 0.258 e. The van der Waals surface area contributed by atoms with Gasteiger partial charge in [0.1, 0.15) is 0 Å². The van der Waals surface area contributed by atoms with Crippen molar-refractivity contribution in [2.45, 2.75) is 37.8 Å². The van der Waals surface area contributed by atoms with Gasteiger partial charge in [0.2, 0.25) is 12.8 Å². The van der Waals surface area contributed by atoms with E-state index in [2.05, 4.69) is 30.4 Å². The Hall–Kier alpha value is -2.38. The van der Waals surface area contributed by atoms with Gasteiger partial charge in [-0.2, -0.15) is 0 Å². The molecule has 8 nitrogen and oxygen atoms in total. The molecule has 2 atom stereocenters. The molecule has 2 aromatic rings. The fourth-order valence-corrected chi connectivity index (χ4v) is 2.23. The molecule has 0 aromatic carbocycles. The molecule has 0 radical (unpaired) electrons. The third-order valence-electron chi connectivity index (χ3n) is 3.20. The summed E-state index contributed by atoms with van der Waals surface area (Å²) < 4.78 is 10.1. The van der Waals surface area contributed by atoms with Crippen molar-refractivity contribution < 1.29 is 8.83 Å².